The van der Waals surface area contributed by atoms with E-state index in [1.165, 1.54) is 0 Å². The van der Waals surface area contributed by atoms with E-state index in [4.69, 9.17) is 4.74 Å². The lowest BCUT2D eigenvalue weighted by Crippen LogP contribution is -2.50. The monoisotopic (exact) mass is 333 g/mol. The molecule has 1 fully saturated rings. The van der Waals surface area contributed by atoms with Gasteiger partial charge >= 0.3 is 12.1 Å². The highest BCUT2D eigenvalue weighted by atomic mass is 16.6. The number of nitrogens with zero attached hydrogens (tertiary/aromatic N) is 1. The van der Waals surface area contributed by atoms with Gasteiger partial charge in [-0.25, -0.2) is 4.79 Å². The van der Waals surface area contributed by atoms with Gasteiger partial charge < -0.3 is 14.7 Å². The normalized spacial score (nSPS) is 19.7. The van der Waals surface area contributed by atoms with Crippen LogP contribution in [0.25, 0.3) is 0 Å². The summed E-state index contributed by atoms with van der Waals surface area (Å²) in [5.41, 5.74) is 1.16. The standard InChI is InChI=1S/C19H27NO4/c1-13-8-7-9-14(12-13)16(17(21)22)15-10-5-6-11-20(15)18(23)24-19(2,3)4/h7-9,12,15-16H,5-6,10-11H2,1-4H3,(H,21,22)/t15?,16-/m1/s1. The fraction of sp³-hybridized carbons (Fsp3) is 0.579. The zero-order chi connectivity index (χ0) is 17.9. The summed E-state index contributed by atoms with van der Waals surface area (Å²) >= 11 is 0. The molecule has 0 bridgehead atoms. The smallest absolute Gasteiger partial charge is 0.410 e. The maximum absolute atomic E-state index is 12.6. The summed E-state index contributed by atoms with van der Waals surface area (Å²) in [7, 11) is 0. The number of ether oxygens (including phenoxy) is 1. The van der Waals surface area contributed by atoms with Crippen LogP contribution in [0.3, 0.4) is 0 Å². The van der Waals surface area contributed by atoms with E-state index in [-0.39, 0.29) is 6.04 Å². The number of amides is 1. The lowest BCUT2D eigenvalue weighted by Gasteiger charge is -2.39. The highest BCUT2D eigenvalue weighted by Crippen LogP contribution is 2.32. The number of carboxylic acid groups (broad SMARTS) is 1. The first-order chi connectivity index (χ1) is 11.2. The zero-order valence-corrected chi connectivity index (χ0v) is 14.9. The fourth-order valence-electron chi connectivity index (χ4n) is 3.24. The summed E-state index contributed by atoms with van der Waals surface area (Å²) in [6.07, 6.45) is 2.03. The number of rotatable bonds is 3. The van der Waals surface area contributed by atoms with E-state index >= 15 is 0 Å². The first-order valence-electron chi connectivity index (χ1n) is 8.48. The van der Waals surface area contributed by atoms with Gasteiger partial charge in [0.05, 0.1) is 6.04 Å². The molecule has 0 saturated carbocycles. The molecule has 1 N–H and O–H groups in total. The third kappa shape index (κ3) is 4.49. The lowest BCUT2D eigenvalue weighted by molar-refractivity contribution is -0.140. The fourth-order valence-corrected chi connectivity index (χ4v) is 3.24. The average Bonchev–Trinajstić information content (AvgIpc) is 2.46. The van der Waals surface area contributed by atoms with Crippen molar-refractivity contribution in [1.82, 2.24) is 4.90 Å². The van der Waals surface area contributed by atoms with Gasteiger partial charge in [0.25, 0.3) is 0 Å². The molecule has 5 heteroatoms. The van der Waals surface area contributed by atoms with Crippen molar-refractivity contribution in [2.75, 3.05) is 6.54 Å². The molecule has 0 spiro atoms. The molecule has 1 unspecified atom stereocenters. The molecule has 0 radical (unpaired) electrons. The first-order valence-corrected chi connectivity index (χ1v) is 8.48. The number of carbonyl (C=O) groups is 2. The van der Waals surface area contributed by atoms with Gasteiger partial charge in [0.1, 0.15) is 11.5 Å². The Balaban J connectivity index is 2.32. The molecular formula is C19H27NO4. The van der Waals surface area contributed by atoms with Crippen LogP contribution in [0, 0.1) is 6.92 Å². The van der Waals surface area contributed by atoms with Crippen molar-refractivity contribution in [2.45, 2.75) is 64.5 Å². The van der Waals surface area contributed by atoms with Crippen molar-refractivity contribution in [3.63, 3.8) is 0 Å². The number of carboxylic acids is 1. The van der Waals surface area contributed by atoms with E-state index in [0.29, 0.717) is 13.0 Å². The molecule has 0 aromatic heterocycles. The molecule has 24 heavy (non-hydrogen) atoms. The van der Waals surface area contributed by atoms with E-state index in [1.807, 2.05) is 52.0 Å². The lowest BCUT2D eigenvalue weighted by atomic mass is 9.85. The van der Waals surface area contributed by atoms with Crippen LogP contribution in [0.1, 0.15) is 57.1 Å². The predicted molar refractivity (Wildman–Crippen MR) is 92.1 cm³/mol. The number of aryl methyl sites for hydroxylation is 1. The number of hydrogen-bond donors (Lipinski definition) is 1. The third-order valence-corrected chi connectivity index (χ3v) is 4.23. The highest BCUT2D eigenvalue weighted by molar-refractivity contribution is 5.79. The molecule has 2 rings (SSSR count). The Morgan fingerprint density at radius 3 is 2.58 bits per heavy atom. The van der Waals surface area contributed by atoms with E-state index in [0.717, 1.165) is 24.0 Å². The van der Waals surface area contributed by atoms with Gasteiger partial charge in [-0.15, -0.1) is 0 Å². The molecule has 2 atom stereocenters. The van der Waals surface area contributed by atoms with Crippen LogP contribution in [0.5, 0.6) is 0 Å². The maximum atomic E-state index is 12.6. The van der Waals surface area contributed by atoms with E-state index in [2.05, 4.69) is 0 Å². The molecule has 0 aliphatic carbocycles. The minimum absolute atomic E-state index is 0.382. The summed E-state index contributed by atoms with van der Waals surface area (Å²) in [5.74, 6) is -1.64. The maximum Gasteiger partial charge on any atom is 0.410 e. The first kappa shape index (κ1) is 18.3. The van der Waals surface area contributed by atoms with Crippen molar-refractivity contribution in [3.05, 3.63) is 35.4 Å². The summed E-state index contributed by atoms with van der Waals surface area (Å²) < 4.78 is 5.49. The number of carbonyl (C=O) groups excluding carboxylic acids is 1. The molecule has 1 aliphatic rings. The number of benzene rings is 1. The minimum atomic E-state index is -0.902. The van der Waals surface area contributed by atoms with Crippen LogP contribution < -0.4 is 0 Å². The van der Waals surface area contributed by atoms with Gasteiger partial charge in [0.2, 0.25) is 0 Å². The zero-order valence-electron chi connectivity index (χ0n) is 14.9. The Kier molecular flexibility index (Phi) is 5.52. The van der Waals surface area contributed by atoms with Crippen molar-refractivity contribution < 1.29 is 19.4 Å². The number of hydrogen-bond acceptors (Lipinski definition) is 3. The molecule has 132 valence electrons. The van der Waals surface area contributed by atoms with Gasteiger partial charge in [-0.1, -0.05) is 29.8 Å². The third-order valence-electron chi connectivity index (χ3n) is 4.23. The Labute approximate surface area is 143 Å². The van der Waals surface area contributed by atoms with E-state index in [1.54, 1.807) is 4.90 Å². The summed E-state index contributed by atoms with van der Waals surface area (Å²) in [4.78, 5) is 26.2. The predicted octanol–water partition coefficient (Wildman–Crippen LogP) is 3.95. The second-order valence-electron chi connectivity index (χ2n) is 7.47. The Morgan fingerprint density at radius 1 is 1.29 bits per heavy atom. The van der Waals surface area contributed by atoms with Gasteiger partial charge in [-0.3, -0.25) is 4.79 Å². The number of piperidine rings is 1. The van der Waals surface area contributed by atoms with Crippen LogP contribution in [-0.2, 0) is 9.53 Å². The van der Waals surface area contributed by atoms with Gasteiger partial charge in [0.15, 0.2) is 0 Å². The van der Waals surface area contributed by atoms with Crippen molar-refractivity contribution in [3.8, 4) is 0 Å². The Bertz CT molecular complexity index is 606. The van der Waals surface area contributed by atoms with Gasteiger partial charge in [-0.2, -0.15) is 0 Å². The molecule has 1 heterocycles. The van der Waals surface area contributed by atoms with Crippen molar-refractivity contribution >= 4 is 12.1 Å². The molecule has 1 amide bonds. The van der Waals surface area contributed by atoms with Gasteiger partial charge in [0, 0.05) is 6.54 Å². The van der Waals surface area contributed by atoms with Crippen molar-refractivity contribution in [2.24, 2.45) is 0 Å². The molecule has 1 aromatic carbocycles. The summed E-state index contributed by atoms with van der Waals surface area (Å²) in [6, 6.07) is 7.14. The largest absolute Gasteiger partial charge is 0.481 e. The summed E-state index contributed by atoms with van der Waals surface area (Å²) in [5, 5.41) is 9.82. The molecular weight excluding hydrogens is 306 g/mol. The van der Waals surface area contributed by atoms with Crippen LogP contribution >= 0.6 is 0 Å². The number of likely N-dealkylation sites (tertiary alicyclic amines) is 1. The topological polar surface area (TPSA) is 66.8 Å². The van der Waals surface area contributed by atoms with Crippen molar-refractivity contribution in [1.29, 1.82) is 0 Å². The van der Waals surface area contributed by atoms with Gasteiger partial charge in [-0.05, 0) is 52.5 Å². The number of aliphatic carboxylic acids is 1. The van der Waals surface area contributed by atoms with Crippen LogP contribution in [0.15, 0.2) is 24.3 Å². The minimum Gasteiger partial charge on any atom is -0.481 e. The van der Waals surface area contributed by atoms with Crippen LogP contribution in [0.2, 0.25) is 0 Å². The SMILES string of the molecule is Cc1cccc([C@@H](C(=O)O)C2CCCCN2C(=O)OC(C)(C)C)c1. The molecule has 1 saturated heterocycles. The molecule has 5 nitrogen and oxygen atoms in total. The molecule has 1 aromatic rings. The highest BCUT2D eigenvalue weighted by Gasteiger charge is 2.39. The quantitative estimate of drug-likeness (QED) is 0.909. The Morgan fingerprint density at radius 2 is 2.00 bits per heavy atom. The average molecular weight is 333 g/mol. The van der Waals surface area contributed by atoms with Crippen LogP contribution in [0.4, 0.5) is 4.79 Å². The second-order valence-corrected chi connectivity index (χ2v) is 7.47. The van der Waals surface area contributed by atoms with E-state index in [9.17, 15) is 14.7 Å². The summed E-state index contributed by atoms with van der Waals surface area (Å²) in [6.45, 7) is 7.93. The molecule has 1 aliphatic heterocycles. The Hall–Kier alpha value is -2.04. The van der Waals surface area contributed by atoms with Crippen LogP contribution in [-0.4, -0.2) is 40.3 Å². The second kappa shape index (κ2) is 7.24. The van der Waals surface area contributed by atoms with E-state index < -0.39 is 23.6 Å².